The highest BCUT2D eigenvalue weighted by Gasteiger charge is 2.18. The molecule has 3 amide bonds. The summed E-state index contributed by atoms with van der Waals surface area (Å²) in [5, 5.41) is 13.5. The van der Waals surface area contributed by atoms with Crippen LogP contribution in [0.4, 0.5) is 4.79 Å². The SMILES string of the molecule is CSCC[C@H](NC(=O)NCCC(N)=O)C(=O)O. The van der Waals surface area contributed by atoms with E-state index in [-0.39, 0.29) is 13.0 Å². The van der Waals surface area contributed by atoms with Crippen LogP contribution in [0.1, 0.15) is 12.8 Å². The van der Waals surface area contributed by atoms with E-state index in [2.05, 4.69) is 10.6 Å². The Balaban J connectivity index is 3.95. The average Bonchev–Trinajstić information content (AvgIpc) is 2.23. The Kier molecular flexibility index (Phi) is 7.95. The second-order valence-corrected chi connectivity index (χ2v) is 4.27. The van der Waals surface area contributed by atoms with E-state index in [0.717, 1.165) is 0 Å². The molecule has 0 bridgehead atoms. The third-order valence-electron chi connectivity index (χ3n) is 1.87. The number of aliphatic carboxylic acids is 1. The minimum Gasteiger partial charge on any atom is -0.480 e. The molecular weight excluding hydrogens is 246 g/mol. The van der Waals surface area contributed by atoms with E-state index in [0.29, 0.717) is 12.2 Å². The molecule has 98 valence electrons. The maximum atomic E-state index is 11.3. The highest BCUT2D eigenvalue weighted by atomic mass is 32.2. The van der Waals surface area contributed by atoms with Crippen molar-refractivity contribution in [3.05, 3.63) is 0 Å². The lowest BCUT2D eigenvalue weighted by Crippen LogP contribution is -2.46. The molecule has 0 radical (unpaired) electrons. The zero-order valence-corrected chi connectivity index (χ0v) is 10.4. The predicted octanol–water partition coefficient (Wildman–Crippen LogP) is -0.633. The molecule has 17 heavy (non-hydrogen) atoms. The minimum atomic E-state index is -1.08. The molecule has 0 heterocycles. The molecule has 0 aliphatic heterocycles. The second-order valence-electron chi connectivity index (χ2n) is 3.29. The lowest BCUT2D eigenvalue weighted by Gasteiger charge is -2.14. The highest BCUT2D eigenvalue weighted by Crippen LogP contribution is 2.00. The number of hydrogen-bond donors (Lipinski definition) is 4. The summed E-state index contributed by atoms with van der Waals surface area (Å²) in [7, 11) is 0. The Labute approximate surface area is 104 Å². The third-order valence-corrected chi connectivity index (χ3v) is 2.51. The third kappa shape index (κ3) is 8.38. The maximum absolute atomic E-state index is 11.3. The predicted molar refractivity (Wildman–Crippen MR) is 64.8 cm³/mol. The number of carbonyl (C=O) groups is 3. The molecule has 0 aromatic carbocycles. The lowest BCUT2D eigenvalue weighted by atomic mass is 10.2. The summed E-state index contributed by atoms with van der Waals surface area (Å²) in [6, 6.07) is -1.53. The lowest BCUT2D eigenvalue weighted by molar-refractivity contribution is -0.139. The summed E-state index contributed by atoms with van der Waals surface area (Å²) in [4.78, 5) is 32.5. The van der Waals surface area contributed by atoms with Crippen LogP contribution in [0, 0.1) is 0 Å². The second kappa shape index (κ2) is 8.68. The highest BCUT2D eigenvalue weighted by molar-refractivity contribution is 7.98. The molecule has 0 aliphatic carbocycles. The van der Waals surface area contributed by atoms with E-state index in [1.54, 1.807) is 0 Å². The van der Waals surface area contributed by atoms with Gasteiger partial charge in [0, 0.05) is 13.0 Å². The first-order valence-electron chi connectivity index (χ1n) is 5.01. The van der Waals surface area contributed by atoms with Crippen molar-refractivity contribution in [2.75, 3.05) is 18.6 Å². The largest absolute Gasteiger partial charge is 0.480 e. The normalized spacial score (nSPS) is 11.6. The first-order chi connectivity index (χ1) is 7.97. The summed E-state index contributed by atoms with van der Waals surface area (Å²) in [5.41, 5.74) is 4.89. The molecule has 0 unspecified atom stereocenters. The Bertz CT molecular complexity index is 285. The van der Waals surface area contributed by atoms with Gasteiger partial charge in [0.25, 0.3) is 0 Å². The fraction of sp³-hybridized carbons (Fsp3) is 0.667. The number of nitrogens with two attached hydrogens (primary N) is 1. The van der Waals surface area contributed by atoms with E-state index >= 15 is 0 Å². The van der Waals surface area contributed by atoms with E-state index in [4.69, 9.17) is 10.8 Å². The van der Waals surface area contributed by atoms with Crippen molar-refractivity contribution in [3.63, 3.8) is 0 Å². The van der Waals surface area contributed by atoms with Crippen LogP contribution in [0.15, 0.2) is 0 Å². The molecule has 0 aromatic heterocycles. The number of thioether (sulfide) groups is 1. The van der Waals surface area contributed by atoms with Gasteiger partial charge in [-0.15, -0.1) is 0 Å². The zero-order chi connectivity index (χ0) is 13.3. The van der Waals surface area contributed by atoms with E-state index in [9.17, 15) is 14.4 Å². The Morgan fingerprint density at radius 3 is 2.53 bits per heavy atom. The van der Waals surface area contributed by atoms with Crippen molar-refractivity contribution in [1.29, 1.82) is 0 Å². The Morgan fingerprint density at radius 1 is 1.41 bits per heavy atom. The Morgan fingerprint density at radius 2 is 2.06 bits per heavy atom. The molecule has 0 saturated heterocycles. The Hall–Kier alpha value is -1.44. The molecule has 0 aromatic rings. The number of amides is 3. The van der Waals surface area contributed by atoms with Crippen molar-refractivity contribution in [3.8, 4) is 0 Å². The van der Waals surface area contributed by atoms with E-state index in [1.165, 1.54) is 11.8 Å². The minimum absolute atomic E-state index is 0.0238. The van der Waals surface area contributed by atoms with Crippen LogP contribution in [-0.2, 0) is 9.59 Å². The molecule has 7 nitrogen and oxygen atoms in total. The summed E-state index contributed by atoms with van der Waals surface area (Å²) >= 11 is 1.50. The van der Waals surface area contributed by atoms with Crippen molar-refractivity contribution >= 4 is 29.7 Å². The maximum Gasteiger partial charge on any atom is 0.326 e. The number of carboxylic acid groups (broad SMARTS) is 1. The van der Waals surface area contributed by atoms with Crippen molar-refractivity contribution in [2.45, 2.75) is 18.9 Å². The van der Waals surface area contributed by atoms with Crippen LogP contribution >= 0.6 is 11.8 Å². The van der Waals surface area contributed by atoms with Crippen LogP contribution in [0.25, 0.3) is 0 Å². The first kappa shape index (κ1) is 15.6. The number of carboxylic acids is 1. The first-order valence-corrected chi connectivity index (χ1v) is 6.41. The molecule has 5 N–H and O–H groups in total. The number of rotatable bonds is 8. The van der Waals surface area contributed by atoms with Crippen LogP contribution in [0.5, 0.6) is 0 Å². The van der Waals surface area contributed by atoms with Gasteiger partial charge in [0.15, 0.2) is 0 Å². The van der Waals surface area contributed by atoms with Gasteiger partial charge in [-0.25, -0.2) is 9.59 Å². The summed E-state index contributed by atoms with van der Waals surface area (Å²) in [6.07, 6.45) is 2.22. The van der Waals surface area contributed by atoms with Gasteiger partial charge >= 0.3 is 12.0 Å². The molecular formula is C9H17N3O4S. The van der Waals surface area contributed by atoms with Crippen molar-refractivity contribution < 1.29 is 19.5 Å². The van der Waals surface area contributed by atoms with Gasteiger partial charge in [-0.05, 0) is 18.4 Å². The van der Waals surface area contributed by atoms with Gasteiger partial charge in [-0.2, -0.15) is 11.8 Å². The smallest absolute Gasteiger partial charge is 0.326 e. The topological polar surface area (TPSA) is 122 Å². The summed E-state index contributed by atoms with van der Waals surface area (Å²) in [5.74, 6) is -0.968. The standard InChI is InChI=1S/C9H17N3O4S/c1-17-5-3-6(8(14)15)12-9(16)11-4-2-7(10)13/h6H,2-5H2,1H3,(H2,10,13)(H,14,15)(H2,11,12,16)/t6-/m0/s1. The average molecular weight is 263 g/mol. The summed E-state index contributed by atoms with van der Waals surface area (Å²) in [6.45, 7) is 0.0933. The van der Waals surface area contributed by atoms with Gasteiger partial charge < -0.3 is 21.5 Å². The fourth-order valence-corrected chi connectivity index (χ4v) is 1.47. The number of primary amides is 1. The van der Waals surface area contributed by atoms with Gasteiger partial charge in [-0.3, -0.25) is 4.79 Å². The molecule has 0 rings (SSSR count). The number of urea groups is 1. The van der Waals surface area contributed by atoms with E-state index in [1.807, 2.05) is 6.26 Å². The number of hydrogen-bond acceptors (Lipinski definition) is 4. The zero-order valence-electron chi connectivity index (χ0n) is 9.56. The van der Waals surface area contributed by atoms with Gasteiger partial charge in [0.05, 0.1) is 0 Å². The number of carbonyl (C=O) groups excluding carboxylic acids is 2. The van der Waals surface area contributed by atoms with Crippen molar-refractivity contribution in [1.82, 2.24) is 10.6 Å². The van der Waals surface area contributed by atoms with E-state index < -0.39 is 23.9 Å². The van der Waals surface area contributed by atoms with Crippen LogP contribution in [-0.4, -0.2) is 47.6 Å². The quantitative estimate of drug-likeness (QED) is 0.464. The molecule has 0 aliphatic rings. The van der Waals surface area contributed by atoms with Gasteiger partial charge in [-0.1, -0.05) is 0 Å². The molecule has 8 heteroatoms. The van der Waals surface area contributed by atoms with Gasteiger partial charge in [0.2, 0.25) is 5.91 Å². The molecule has 1 atom stereocenters. The van der Waals surface area contributed by atoms with Gasteiger partial charge in [0.1, 0.15) is 6.04 Å². The fourth-order valence-electron chi connectivity index (χ4n) is 1.00. The van der Waals surface area contributed by atoms with Crippen molar-refractivity contribution in [2.24, 2.45) is 5.73 Å². The molecule has 0 saturated carbocycles. The van der Waals surface area contributed by atoms with Crippen LogP contribution in [0.3, 0.4) is 0 Å². The number of nitrogens with one attached hydrogen (secondary N) is 2. The van der Waals surface area contributed by atoms with Crippen LogP contribution in [0.2, 0.25) is 0 Å². The monoisotopic (exact) mass is 263 g/mol. The molecule has 0 fully saturated rings. The van der Waals surface area contributed by atoms with Crippen LogP contribution < -0.4 is 16.4 Å². The molecule has 0 spiro atoms. The summed E-state index contributed by atoms with van der Waals surface area (Å²) < 4.78 is 0.